The third-order valence-corrected chi connectivity index (χ3v) is 5.14. The third-order valence-electron chi connectivity index (χ3n) is 3.07. The number of amides is 1. The maximum absolute atomic E-state index is 12.1. The number of hydrogen-bond acceptors (Lipinski definition) is 4. The first kappa shape index (κ1) is 14.0. The minimum Gasteiger partial charge on any atom is -0.331 e. The molecule has 1 fully saturated rings. The molecule has 1 unspecified atom stereocenters. The molecule has 0 aromatic carbocycles. The maximum Gasteiger partial charge on any atom is 0.245 e. The highest BCUT2D eigenvalue weighted by Crippen LogP contribution is 2.22. The Morgan fingerprint density at radius 2 is 2.42 bits per heavy atom. The zero-order valence-electron chi connectivity index (χ0n) is 10.8. The van der Waals surface area contributed by atoms with Crippen LogP contribution in [0, 0.1) is 0 Å². The van der Waals surface area contributed by atoms with Crippen LogP contribution in [-0.2, 0) is 14.8 Å². The van der Waals surface area contributed by atoms with Crippen LogP contribution in [0.2, 0.25) is 0 Å². The fraction of sp³-hybridized carbons (Fsp3) is 0.636. The Balaban J connectivity index is 2.08. The molecule has 8 heteroatoms. The molecule has 106 valence electrons. The van der Waals surface area contributed by atoms with Crippen LogP contribution in [0.15, 0.2) is 12.4 Å². The molecule has 1 aromatic heterocycles. The van der Waals surface area contributed by atoms with E-state index in [0.717, 1.165) is 0 Å². The number of H-pyrrole nitrogens is 1. The van der Waals surface area contributed by atoms with Gasteiger partial charge in [0.2, 0.25) is 21.9 Å². The van der Waals surface area contributed by atoms with Crippen LogP contribution in [0.5, 0.6) is 0 Å². The number of rotatable bonds is 5. The molecule has 2 N–H and O–H groups in total. The van der Waals surface area contributed by atoms with E-state index in [9.17, 15) is 13.2 Å². The smallest absolute Gasteiger partial charge is 0.245 e. The van der Waals surface area contributed by atoms with Crippen molar-refractivity contribution in [1.82, 2.24) is 14.3 Å². The van der Waals surface area contributed by atoms with E-state index in [-0.39, 0.29) is 11.7 Å². The van der Waals surface area contributed by atoms with E-state index in [2.05, 4.69) is 15.3 Å². The lowest BCUT2D eigenvalue weighted by Gasteiger charge is -2.22. The van der Waals surface area contributed by atoms with E-state index in [0.29, 0.717) is 31.8 Å². The number of aromatic nitrogens is 2. The van der Waals surface area contributed by atoms with E-state index in [1.54, 1.807) is 6.20 Å². The molecule has 7 nitrogen and oxygen atoms in total. The summed E-state index contributed by atoms with van der Waals surface area (Å²) in [5.74, 6) is 0.0919. The first-order chi connectivity index (χ1) is 9.04. The van der Waals surface area contributed by atoms with E-state index in [4.69, 9.17) is 0 Å². The van der Waals surface area contributed by atoms with Crippen molar-refractivity contribution in [3.63, 3.8) is 0 Å². The van der Waals surface area contributed by atoms with Gasteiger partial charge in [-0.15, -0.1) is 0 Å². The van der Waals surface area contributed by atoms with Gasteiger partial charge in [-0.05, 0) is 19.3 Å². The Labute approximate surface area is 112 Å². The van der Waals surface area contributed by atoms with Crippen LogP contribution in [0.25, 0.3) is 0 Å². The summed E-state index contributed by atoms with van der Waals surface area (Å²) in [6, 6.07) is -0.623. The maximum atomic E-state index is 12.1. The second kappa shape index (κ2) is 5.70. The van der Waals surface area contributed by atoms with Crippen molar-refractivity contribution < 1.29 is 13.2 Å². The van der Waals surface area contributed by atoms with Crippen LogP contribution in [-0.4, -0.2) is 46.9 Å². The highest BCUT2D eigenvalue weighted by molar-refractivity contribution is 7.89. The standard InChI is InChI=1S/C11H18N4O3S/c1-2-8-19(17,18)15-7-3-4-9(15)10(16)14-11-12-5-6-13-11/h5-6,9H,2-4,7-8H2,1H3,(H2,12,13,14,16). The molecule has 2 heterocycles. The summed E-state index contributed by atoms with van der Waals surface area (Å²) in [6.45, 7) is 2.23. The molecule has 19 heavy (non-hydrogen) atoms. The van der Waals surface area contributed by atoms with Gasteiger partial charge in [0, 0.05) is 18.9 Å². The van der Waals surface area contributed by atoms with E-state index >= 15 is 0 Å². The van der Waals surface area contributed by atoms with E-state index in [1.807, 2.05) is 6.92 Å². The highest BCUT2D eigenvalue weighted by Gasteiger charge is 2.38. The Kier molecular flexibility index (Phi) is 4.20. The number of carbonyl (C=O) groups excluding carboxylic acids is 1. The molecule has 0 radical (unpaired) electrons. The summed E-state index contributed by atoms with van der Waals surface area (Å²) in [7, 11) is -3.34. The molecule has 1 aliphatic rings. The van der Waals surface area contributed by atoms with Crippen LogP contribution in [0.3, 0.4) is 0 Å². The third kappa shape index (κ3) is 3.13. The Hall–Kier alpha value is -1.41. The van der Waals surface area contributed by atoms with Crippen molar-refractivity contribution in [3.05, 3.63) is 12.4 Å². The topological polar surface area (TPSA) is 95.2 Å². The quantitative estimate of drug-likeness (QED) is 0.826. The van der Waals surface area contributed by atoms with Crippen molar-refractivity contribution in [1.29, 1.82) is 0 Å². The van der Waals surface area contributed by atoms with Crippen LogP contribution < -0.4 is 5.32 Å². The molecule has 0 saturated carbocycles. The van der Waals surface area contributed by atoms with Gasteiger partial charge < -0.3 is 4.98 Å². The van der Waals surface area contributed by atoms with Gasteiger partial charge in [0.25, 0.3) is 0 Å². The summed E-state index contributed by atoms with van der Waals surface area (Å²) in [4.78, 5) is 18.8. The largest absolute Gasteiger partial charge is 0.331 e. The number of nitrogens with zero attached hydrogens (tertiary/aromatic N) is 2. The van der Waals surface area contributed by atoms with Crippen molar-refractivity contribution in [2.75, 3.05) is 17.6 Å². The molecule has 1 atom stereocenters. The fourth-order valence-corrected chi connectivity index (χ4v) is 3.99. The molecule has 0 spiro atoms. The molecule has 1 saturated heterocycles. The van der Waals surface area contributed by atoms with Crippen molar-refractivity contribution in [2.45, 2.75) is 32.2 Å². The van der Waals surface area contributed by atoms with Gasteiger partial charge in [-0.1, -0.05) is 6.92 Å². The van der Waals surface area contributed by atoms with Crippen LogP contribution in [0.1, 0.15) is 26.2 Å². The van der Waals surface area contributed by atoms with Gasteiger partial charge in [-0.3, -0.25) is 10.1 Å². The van der Waals surface area contributed by atoms with E-state index < -0.39 is 16.1 Å². The first-order valence-electron chi connectivity index (χ1n) is 6.34. The molecule has 1 aliphatic heterocycles. The Morgan fingerprint density at radius 3 is 3.05 bits per heavy atom. The van der Waals surface area contributed by atoms with Crippen LogP contribution in [0.4, 0.5) is 5.95 Å². The normalized spacial score (nSPS) is 20.6. The predicted octanol–water partition coefficient (Wildman–Crippen LogP) is 0.552. The van der Waals surface area contributed by atoms with Gasteiger partial charge in [-0.2, -0.15) is 4.31 Å². The average molecular weight is 286 g/mol. The summed E-state index contributed by atoms with van der Waals surface area (Å²) in [5, 5.41) is 2.60. The summed E-state index contributed by atoms with van der Waals surface area (Å²) >= 11 is 0. The minimum absolute atomic E-state index is 0.0809. The van der Waals surface area contributed by atoms with Crippen molar-refractivity contribution in [3.8, 4) is 0 Å². The Morgan fingerprint density at radius 1 is 1.63 bits per heavy atom. The van der Waals surface area contributed by atoms with Gasteiger partial charge >= 0.3 is 0 Å². The number of hydrogen-bond donors (Lipinski definition) is 2. The average Bonchev–Trinajstić information content (AvgIpc) is 2.98. The summed E-state index contributed by atoms with van der Waals surface area (Å²) < 4.78 is 25.5. The number of imidazole rings is 1. The van der Waals surface area contributed by atoms with Crippen molar-refractivity contribution >= 4 is 21.9 Å². The molecule has 1 aromatic rings. The molecule has 0 bridgehead atoms. The Bertz CT molecular complexity index is 526. The highest BCUT2D eigenvalue weighted by atomic mass is 32.2. The monoisotopic (exact) mass is 286 g/mol. The first-order valence-corrected chi connectivity index (χ1v) is 7.95. The zero-order chi connectivity index (χ0) is 13.9. The minimum atomic E-state index is -3.34. The lowest BCUT2D eigenvalue weighted by molar-refractivity contribution is -0.119. The second-order valence-corrected chi connectivity index (χ2v) is 6.55. The number of anilines is 1. The molecule has 1 amide bonds. The second-order valence-electron chi connectivity index (χ2n) is 4.51. The number of carbonyl (C=O) groups is 1. The van der Waals surface area contributed by atoms with Crippen molar-refractivity contribution in [2.24, 2.45) is 0 Å². The molecule has 0 aliphatic carbocycles. The number of aromatic amines is 1. The van der Waals surface area contributed by atoms with Crippen LogP contribution >= 0.6 is 0 Å². The zero-order valence-corrected chi connectivity index (χ0v) is 11.6. The number of sulfonamides is 1. The summed E-state index contributed by atoms with van der Waals surface area (Å²) in [5.41, 5.74) is 0. The SMILES string of the molecule is CCCS(=O)(=O)N1CCCC1C(=O)Nc1ncc[nH]1. The van der Waals surface area contributed by atoms with E-state index in [1.165, 1.54) is 10.5 Å². The van der Waals surface area contributed by atoms with Gasteiger partial charge in [-0.25, -0.2) is 13.4 Å². The molecule has 2 rings (SSSR count). The molecular weight excluding hydrogens is 268 g/mol. The fourth-order valence-electron chi connectivity index (χ4n) is 2.24. The lowest BCUT2D eigenvalue weighted by atomic mass is 10.2. The predicted molar refractivity (Wildman–Crippen MR) is 71.0 cm³/mol. The molecular formula is C11H18N4O3S. The van der Waals surface area contributed by atoms with Gasteiger partial charge in [0.15, 0.2) is 0 Å². The van der Waals surface area contributed by atoms with Gasteiger partial charge in [0.1, 0.15) is 6.04 Å². The van der Waals surface area contributed by atoms with Gasteiger partial charge in [0.05, 0.1) is 5.75 Å². The lowest BCUT2D eigenvalue weighted by Crippen LogP contribution is -2.44. The number of nitrogens with one attached hydrogen (secondary N) is 2. The summed E-state index contributed by atoms with van der Waals surface area (Å²) in [6.07, 6.45) is 4.92.